The van der Waals surface area contributed by atoms with Crippen LogP contribution in [0.4, 0.5) is 0 Å². The first-order chi connectivity index (χ1) is 8.34. The fourth-order valence-corrected chi connectivity index (χ4v) is 3.12. The summed E-state index contributed by atoms with van der Waals surface area (Å²) in [6.07, 6.45) is 5.35. The molecule has 0 radical (unpaired) electrons. The molecule has 1 N–H and O–H groups in total. The Kier molecular flexibility index (Phi) is 3.11. The number of nitrogens with zero attached hydrogens (tertiary/aromatic N) is 3. The van der Waals surface area contributed by atoms with Crippen molar-refractivity contribution < 1.29 is 4.63 Å². The van der Waals surface area contributed by atoms with Crippen LogP contribution in [0, 0.1) is 6.92 Å². The van der Waals surface area contributed by atoms with Gasteiger partial charge in [-0.05, 0) is 32.7 Å². The van der Waals surface area contributed by atoms with Crippen molar-refractivity contribution in [1.82, 2.24) is 20.5 Å². The molecule has 2 aliphatic rings. The van der Waals surface area contributed by atoms with Crippen LogP contribution in [0.3, 0.4) is 0 Å². The zero-order chi connectivity index (χ0) is 11.7. The second kappa shape index (κ2) is 4.74. The molecule has 1 aromatic heterocycles. The molecule has 0 aromatic carbocycles. The summed E-state index contributed by atoms with van der Waals surface area (Å²) in [6, 6.07) is 1.36. The smallest absolute Gasteiger partial charge is 0.121 e. The Bertz CT molecular complexity index is 378. The van der Waals surface area contributed by atoms with Gasteiger partial charge in [0.1, 0.15) is 11.4 Å². The molecule has 0 spiro atoms. The summed E-state index contributed by atoms with van der Waals surface area (Å²) in [7, 11) is 0. The molecular formula is C12H20N4O. The van der Waals surface area contributed by atoms with E-state index in [4.69, 9.17) is 4.63 Å². The summed E-state index contributed by atoms with van der Waals surface area (Å²) >= 11 is 0. The minimum atomic E-state index is 0.617. The van der Waals surface area contributed by atoms with Gasteiger partial charge in [-0.1, -0.05) is 16.7 Å². The van der Waals surface area contributed by atoms with Gasteiger partial charge in [0.05, 0.1) is 0 Å². The molecule has 0 amide bonds. The predicted molar refractivity (Wildman–Crippen MR) is 63.5 cm³/mol. The SMILES string of the molecule is Cc1nonc1CNC1CCN2CCCCC12. The summed E-state index contributed by atoms with van der Waals surface area (Å²) in [5.74, 6) is 0. The van der Waals surface area contributed by atoms with Crippen molar-refractivity contribution in [2.24, 2.45) is 0 Å². The Labute approximate surface area is 102 Å². The van der Waals surface area contributed by atoms with Crippen LogP contribution >= 0.6 is 0 Å². The highest BCUT2D eigenvalue weighted by molar-refractivity contribution is 5.05. The average Bonchev–Trinajstić information content (AvgIpc) is 2.93. The van der Waals surface area contributed by atoms with Crippen molar-refractivity contribution in [2.45, 2.75) is 51.2 Å². The highest BCUT2D eigenvalue weighted by atomic mass is 16.6. The average molecular weight is 236 g/mol. The van der Waals surface area contributed by atoms with Crippen LogP contribution in [0.5, 0.6) is 0 Å². The van der Waals surface area contributed by atoms with Crippen LogP contribution in [-0.2, 0) is 6.54 Å². The standard InChI is InChI=1S/C12H20N4O/c1-9-11(15-17-14-9)8-13-10-5-7-16-6-3-2-4-12(10)16/h10,12-13H,2-8H2,1H3. The molecule has 94 valence electrons. The molecule has 2 aliphatic heterocycles. The van der Waals surface area contributed by atoms with Crippen LogP contribution < -0.4 is 5.32 Å². The van der Waals surface area contributed by atoms with E-state index in [9.17, 15) is 0 Å². The second-order valence-electron chi connectivity index (χ2n) is 5.17. The van der Waals surface area contributed by atoms with Crippen molar-refractivity contribution in [2.75, 3.05) is 13.1 Å². The minimum Gasteiger partial charge on any atom is -0.307 e. The first-order valence-electron chi connectivity index (χ1n) is 6.60. The summed E-state index contributed by atoms with van der Waals surface area (Å²) in [6.45, 7) is 5.26. The quantitative estimate of drug-likeness (QED) is 0.851. The molecule has 5 nitrogen and oxygen atoms in total. The summed E-state index contributed by atoms with van der Waals surface area (Å²) < 4.78 is 4.72. The summed E-state index contributed by atoms with van der Waals surface area (Å²) in [4.78, 5) is 2.63. The Hall–Kier alpha value is -0.940. The zero-order valence-corrected chi connectivity index (χ0v) is 10.4. The fraction of sp³-hybridized carbons (Fsp3) is 0.833. The lowest BCUT2D eigenvalue weighted by atomic mass is 9.99. The highest BCUT2D eigenvalue weighted by Crippen LogP contribution is 2.27. The van der Waals surface area contributed by atoms with E-state index in [-0.39, 0.29) is 0 Å². The van der Waals surface area contributed by atoms with Crippen molar-refractivity contribution in [1.29, 1.82) is 0 Å². The van der Waals surface area contributed by atoms with E-state index in [2.05, 4.69) is 20.5 Å². The molecule has 2 atom stereocenters. The minimum absolute atomic E-state index is 0.617. The molecule has 0 aliphatic carbocycles. The lowest BCUT2D eigenvalue weighted by Crippen LogP contribution is -2.44. The first-order valence-corrected chi connectivity index (χ1v) is 6.60. The molecule has 2 saturated heterocycles. The number of rotatable bonds is 3. The molecule has 0 saturated carbocycles. The first kappa shape index (κ1) is 11.2. The Morgan fingerprint density at radius 1 is 1.29 bits per heavy atom. The number of hydrogen-bond acceptors (Lipinski definition) is 5. The van der Waals surface area contributed by atoms with E-state index >= 15 is 0 Å². The van der Waals surface area contributed by atoms with Gasteiger partial charge in [-0.2, -0.15) is 0 Å². The van der Waals surface area contributed by atoms with Gasteiger partial charge in [0.2, 0.25) is 0 Å². The van der Waals surface area contributed by atoms with Gasteiger partial charge in [0, 0.05) is 25.2 Å². The number of hydrogen-bond donors (Lipinski definition) is 1. The molecule has 3 heterocycles. The number of nitrogens with one attached hydrogen (secondary N) is 1. The van der Waals surface area contributed by atoms with Crippen LogP contribution in [0.2, 0.25) is 0 Å². The summed E-state index contributed by atoms with van der Waals surface area (Å²) in [5, 5.41) is 11.3. The molecule has 3 rings (SSSR count). The Balaban J connectivity index is 1.57. The molecule has 1 aromatic rings. The van der Waals surface area contributed by atoms with Gasteiger partial charge in [-0.3, -0.25) is 4.90 Å². The number of aromatic nitrogens is 2. The van der Waals surface area contributed by atoms with E-state index < -0.39 is 0 Å². The fourth-order valence-electron chi connectivity index (χ4n) is 3.12. The summed E-state index contributed by atoms with van der Waals surface area (Å²) in [5.41, 5.74) is 1.84. The van der Waals surface area contributed by atoms with Gasteiger partial charge in [0.15, 0.2) is 0 Å². The van der Waals surface area contributed by atoms with E-state index in [1.54, 1.807) is 0 Å². The molecule has 0 bridgehead atoms. The van der Waals surface area contributed by atoms with Gasteiger partial charge >= 0.3 is 0 Å². The largest absolute Gasteiger partial charge is 0.307 e. The van der Waals surface area contributed by atoms with E-state index in [1.165, 1.54) is 38.8 Å². The lowest BCUT2D eigenvalue weighted by Gasteiger charge is -2.32. The third-order valence-electron chi connectivity index (χ3n) is 4.13. The van der Waals surface area contributed by atoms with Gasteiger partial charge in [-0.25, -0.2) is 4.63 Å². The second-order valence-corrected chi connectivity index (χ2v) is 5.17. The van der Waals surface area contributed by atoms with Crippen molar-refractivity contribution in [3.05, 3.63) is 11.4 Å². The van der Waals surface area contributed by atoms with Crippen LogP contribution in [0.15, 0.2) is 4.63 Å². The maximum absolute atomic E-state index is 4.72. The third-order valence-corrected chi connectivity index (χ3v) is 4.13. The number of aryl methyl sites for hydroxylation is 1. The normalized spacial score (nSPS) is 29.5. The van der Waals surface area contributed by atoms with Crippen molar-refractivity contribution >= 4 is 0 Å². The van der Waals surface area contributed by atoms with Crippen LogP contribution in [0.25, 0.3) is 0 Å². The van der Waals surface area contributed by atoms with Crippen LogP contribution in [0.1, 0.15) is 37.1 Å². The Morgan fingerprint density at radius 2 is 2.24 bits per heavy atom. The van der Waals surface area contributed by atoms with Gasteiger partial charge in [-0.15, -0.1) is 0 Å². The molecule has 5 heteroatoms. The zero-order valence-electron chi connectivity index (χ0n) is 10.4. The molecular weight excluding hydrogens is 216 g/mol. The van der Waals surface area contributed by atoms with Gasteiger partial charge < -0.3 is 5.32 Å². The van der Waals surface area contributed by atoms with Crippen molar-refractivity contribution in [3.8, 4) is 0 Å². The topological polar surface area (TPSA) is 54.2 Å². The lowest BCUT2D eigenvalue weighted by molar-refractivity contribution is 0.180. The van der Waals surface area contributed by atoms with E-state index in [0.29, 0.717) is 6.04 Å². The maximum Gasteiger partial charge on any atom is 0.121 e. The number of piperidine rings is 1. The highest BCUT2D eigenvalue weighted by Gasteiger charge is 2.35. The third kappa shape index (κ3) is 2.21. The number of fused-ring (bicyclic) bond motifs is 1. The predicted octanol–water partition coefficient (Wildman–Crippen LogP) is 1.09. The maximum atomic E-state index is 4.72. The molecule has 17 heavy (non-hydrogen) atoms. The molecule has 2 unspecified atom stereocenters. The molecule has 2 fully saturated rings. The monoisotopic (exact) mass is 236 g/mol. The van der Waals surface area contributed by atoms with Gasteiger partial charge in [0.25, 0.3) is 0 Å². The van der Waals surface area contributed by atoms with Crippen LogP contribution in [-0.4, -0.2) is 40.4 Å². The van der Waals surface area contributed by atoms with Crippen molar-refractivity contribution in [3.63, 3.8) is 0 Å². The van der Waals surface area contributed by atoms with E-state index in [0.717, 1.165) is 24.0 Å². The van der Waals surface area contributed by atoms with E-state index in [1.807, 2.05) is 6.92 Å². The Morgan fingerprint density at radius 3 is 3.06 bits per heavy atom.